The minimum atomic E-state index is -0.547. The fourth-order valence-electron chi connectivity index (χ4n) is 5.65. The molecule has 39 heavy (non-hydrogen) atoms. The summed E-state index contributed by atoms with van der Waals surface area (Å²) in [7, 11) is 0. The van der Waals surface area contributed by atoms with E-state index < -0.39 is 5.92 Å². The van der Waals surface area contributed by atoms with Gasteiger partial charge >= 0.3 is 0 Å². The van der Waals surface area contributed by atoms with Gasteiger partial charge in [-0.3, -0.25) is 9.69 Å². The van der Waals surface area contributed by atoms with E-state index in [1.165, 1.54) is 17.7 Å². The molecule has 1 unspecified atom stereocenters. The first-order chi connectivity index (χ1) is 18.8. The first kappa shape index (κ1) is 26.2. The Hall–Kier alpha value is -4.37. The molecular weight excluding hydrogens is 489 g/mol. The van der Waals surface area contributed by atoms with E-state index in [1.54, 1.807) is 12.1 Å². The number of anilines is 1. The average molecular weight is 522 g/mol. The summed E-state index contributed by atoms with van der Waals surface area (Å²) in [5.74, 6) is 0.118. The number of aryl methyl sites for hydroxylation is 3. The van der Waals surface area contributed by atoms with Crippen molar-refractivity contribution < 1.29 is 13.9 Å². The van der Waals surface area contributed by atoms with Crippen LogP contribution in [0.2, 0.25) is 0 Å². The molecule has 1 aliphatic carbocycles. The largest absolute Gasteiger partial charge is 0.489 e. The van der Waals surface area contributed by atoms with Crippen LogP contribution in [0.15, 0.2) is 83.3 Å². The fraction of sp³-hybridized carbons (Fsp3) is 0.273. The third-order valence-corrected chi connectivity index (χ3v) is 7.76. The van der Waals surface area contributed by atoms with E-state index in [0.29, 0.717) is 35.6 Å². The molecule has 6 heteroatoms. The number of nitriles is 1. The summed E-state index contributed by atoms with van der Waals surface area (Å²) in [6.07, 6.45) is 2.82. The monoisotopic (exact) mass is 521 g/mol. The Morgan fingerprint density at radius 3 is 2.44 bits per heavy atom. The quantitative estimate of drug-likeness (QED) is 0.382. The highest BCUT2D eigenvalue weighted by Gasteiger charge is 2.41. The van der Waals surface area contributed by atoms with Gasteiger partial charge in [0.1, 0.15) is 24.0 Å². The number of ether oxygens (including phenoxy) is 1. The number of ketones is 1. The molecule has 3 aromatic carbocycles. The van der Waals surface area contributed by atoms with Crippen LogP contribution in [0.25, 0.3) is 0 Å². The number of carbonyl (C=O) groups is 1. The maximum atomic E-state index is 13.5. The fourth-order valence-corrected chi connectivity index (χ4v) is 5.65. The van der Waals surface area contributed by atoms with Gasteiger partial charge in [-0.1, -0.05) is 31.2 Å². The van der Waals surface area contributed by atoms with Gasteiger partial charge in [0.05, 0.1) is 17.6 Å². The normalized spacial score (nSPS) is 17.3. The van der Waals surface area contributed by atoms with Crippen LogP contribution in [0.4, 0.5) is 10.1 Å². The van der Waals surface area contributed by atoms with Gasteiger partial charge in [0.2, 0.25) is 0 Å². The topological polar surface area (TPSA) is 79.3 Å². The summed E-state index contributed by atoms with van der Waals surface area (Å²) < 4.78 is 19.3. The Morgan fingerprint density at radius 1 is 1.05 bits per heavy atom. The number of Topliss-reactive ketones (excluding diaryl/α,β-unsaturated/α-hetero) is 1. The number of benzene rings is 3. The minimum Gasteiger partial charge on any atom is -0.489 e. The van der Waals surface area contributed by atoms with E-state index in [1.807, 2.05) is 36.9 Å². The SMILES string of the molecule is CCc1ccc(N2C(N)=C(C#N)C(c3cc(COc4ccc(F)cc4)c(C)cc3C)C3=C2CCCC3=O)cc1. The lowest BCUT2D eigenvalue weighted by Gasteiger charge is -2.40. The third kappa shape index (κ3) is 4.93. The zero-order valence-electron chi connectivity index (χ0n) is 22.6. The summed E-state index contributed by atoms with van der Waals surface area (Å²) in [5, 5.41) is 10.4. The molecule has 0 aromatic heterocycles. The van der Waals surface area contributed by atoms with Gasteiger partial charge < -0.3 is 10.5 Å². The average Bonchev–Trinajstić information content (AvgIpc) is 2.93. The molecule has 0 radical (unpaired) electrons. The molecule has 5 nitrogen and oxygen atoms in total. The second-order valence-electron chi connectivity index (χ2n) is 10.2. The highest BCUT2D eigenvalue weighted by molar-refractivity contribution is 6.01. The maximum Gasteiger partial charge on any atom is 0.161 e. The van der Waals surface area contributed by atoms with Crippen LogP contribution in [0.1, 0.15) is 59.9 Å². The van der Waals surface area contributed by atoms with Gasteiger partial charge in [-0.05, 0) is 97.3 Å². The number of halogens is 1. The zero-order valence-corrected chi connectivity index (χ0v) is 22.6. The minimum absolute atomic E-state index is 0.0563. The number of rotatable bonds is 6. The van der Waals surface area contributed by atoms with Crippen LogP contribution in [0, 0.1) is 31.0 Å². The summed E-state index contributed by atoms with van der Waals surface area (Å²) in [5.41, 5.74) is 14.6. The molecule has 0 bridgehead atoms. The lowest BCUT2D eigenvalue weighted by atomic mass is 9.74. The molecule has 198 valence electrons. The van der Waals surface area contributed by atoms with E-state index in [2.05, 4.69) is 31.2 Å². The highest BCUT2D eigenvalue weighted by atomic mass is 19.1. The highest BCUT2D eigenvalue weighted by Crippen LogP contribution is 2.47. The molecule has 1 aliphatic heterocycles. The summed E-state index contributed by atoms with van der Waals surface area (Å²) >= 11 is 0. The van der Waals surface area contributed by atoms with Crippen LogP contribution in [-0.2, 0) is 17.8 Å². The van der Waals surface area contributed by atoms with Crippen molar-refractivity contribution in [3.8, 4) is 11.8 Å². The Morgan fingerprint density at radius 2 is 1.77 bits per heavy atom. The standard InChI is InChI=1S/C33H32FN3O2/c1-4-22-8-12-25(13-9-22)37-29-6-5-7-30(38)32(29)31(28(18-35)33(37)36)27-17-23(20(2)16-21(27)3)19-39-26-14-10-24(34)11-15-26/h8-17,31H,4-7,19,36H2,1-3H3. The van der Waals surface area contributed by atoms with Gasteiger partial charge in [-0.25, -0.2) is 4.39 Å². The number of hydrogen-bond acceptors (Lipinski definition) is 5. The first-order valence-corrected chi connectivity index (χ1v) is 13.4. The third-order valence-electron chi connectivity index (χ3n) is 7.76. The van der Waals surface area contributed by atoms with Crippen molar-refractivity contribution in [3.63, 3.8) is 0 Å². The number of nitrogens with two attached hydrogens (primary N) is 1. The second kappa shape index (κ2) is 10.8. The van der Waals surface area contributed by atoms with Crippen LogP contribution < -0.4 is 15.4 Å². The number of allylic oxidation sites excluding steroid dienone is 3. The van der Waals surface area contributed by atoms with E-state index >= 15 is 0 Å². The number of carbonyl (C=O) groups excluding carboxylic acids is 1. The Balaban J connectivity index is 1.61. The summed E-state index contributed by atoms with van der Waals surface area (Å²) in [6.45, 7) is 6.39. The Kier molecular flexibility index (Phi) is 7.26. The van der Waals surface area contributed by atoms with E-state index in [4.69, 9.17) is 10.5 Å². The predicted octanol–water partition coefficient (Wildman–Crippen LogP) is 6.89. The van der Waals surface area contributed by atoms with E-state index in [9.17, 15) is 14.4 Å². The second-order valence-corrected chi connectivity index (χ2v) is 10.2. The Bertz CT molecular complexity index is 1530. The van der Waals surface area contributed by atoms with Crippen molar-refractivity contribution in [2.75, 3.05) is 4.90 Å². The number of hydrogen-bond donors (Lipinski definition) is 1. The van der Waals surface area contributed by atoms with Gasteiger partial charge in [-0.15, -0.1) is 0 Å². The lowest BCUT2D eigenvalue weighted by Crippen LogP contribution is -2.39. The predicted molar refractivity (Wildman–Crippen MR) is 150 cm³/mol. The molecule has 5 rings (SSSR count). The number of nitrogens with zero attached hydrogens (tertiary/aromatic N) is 2. The summed E-state index contributed by atoms with van der Waals surface area (Å²) in [4.78, 5) is 15.5. The van der Waals surface area contributed by atoms with Gasteiger partial charge in [0.15, 0.2) is 5.78 Å². The van der Waals surface area contributed by atoms with Crippen molar-refractivity contribution in [3.05, 3.63) is 117 Å². The molecule has 1 atom stereocenters. The maximum absolute atomic E-state index is 13.5. The molecular formula is C33H32FN3O2. The first-order valence-electron chi connectivity index (χ1n) is 13.4. The van der Waals surface area contributed by atoms with Gasteiger partial charge in [0, 0.05) is 23.4 Å². The van der Waals surface area contributed by atoms with Gasteiger partial charge in [0.25, 0.3) is 0 Å². The lowest BCUT2D eigenvalue weighted by molar-refractivity contribution is -0.116. The Labute approximate surface area is 229 Å². The molecule has 2 N–H and O–H groups in total. The van der Waals surface area contributed by atoms with Crippen molar-refractivity contribution >= 4 is 11.5 Å². The van der Waals surface area contributed by atoms with Crippen molar-refractivity contribution in [2.24, 2.45) is 5.73 Å². The molecule has 0 amide bonds. The van der Waals surface area contributed by atoms with E-state index in [-0.39, 0.29) is 18.2 Å². The molecule has 2 aliphatic rings. The van der Waals surface area contributed by atoms with Crippen LogP contribution >= 0.6 is 0 Å². The van der Waals surface area contributed by atoms with Crippen molar-refractivity contribution in [1.29, 1.82) is 5.26 Å². The van der Waals surface area contributed by atoms with Crippen molar-refractivity contribution in [2.45, 2.75) is 59.0 Å². The van der Waals surface area contributed by atoms with Crippen LogP contribution in [0.5, 0.6) is 5.75 Å². The molecule has 0 spiro atoms. The van der Waals surface area contributed by atoms with Crippen LogP contribution in [-0.4, -0.2) is 5.78 Å². The molecule has 0 fully saturated rings. The molecule has 1 heterocycles. The van der Waals surface area contributed by atoms with E-state index in [0.717, 1.165) is 46.5 Å². The zero-order chi connectivity index (χ0) is 27.7. The van der Waals surface area contributed by atoms with Gasteiger partial charge in [-0.2, -0.15) is 5.26 Å². The molecule has 0 saturated heterocycles. The summed E-state index contributed by atoms with van der Waals surface area (Å²) in [6, 6.07) is 20.5. The molecule has 3 aromatic rings. The van der Waals surface area contributed by atoms with Crippen LogP contribution in [0.3, 0.4) is 0 Å². The smallest absolute Gasteiger partial charge is 0.161 e. The van der Waals surface area contributed by atoms with Crippen molar-refractivity contribution in [1.82, 2.24) is 0 Å². The molecule has 0 saturated carbocycles.